The summed E-state index contributed by atoms with van der Waals surface area (Å²) in [6.07, 6.45) is -5.19. The van der Waals surface area contributed by atoms with Crippen molar-refractivity contribution in [3.63, 3.8) is 0 Å². The molecule has 26 heavy (non-hydrogen) atoms. The summed E-state index contributed by atoms with van der Waals surface area (Å²) in [6, 6.07) is -1.40. The topological polar surface area (TPSA) is 94.6 Å². The second kappa shape index (κ2) is 8.09. The first-order valence-electron chi connectivity index (χ1n) is 7.13. The lowest BCUT2D eigenvalue weighted by atomic mass is 10.1. The lowest BCUT2D eigenvalue weighted by molar-refractivity contribution is -0.157. The SMILES string of the molecule is COS(=O)(=O)Cc1cc(Br)cnc1[C@@H](NC(=O)OC(C)(C)C)C(F)(F)F. The second-order valence-corrected chi connectivity index (χ2v) is 8.84. The molecule has 1 atom stereocenters. The Bertz CT molecular complexity index is 763. The van der Waals surface area contributed by atoms with Crippen LogP contribution in [0, 0.1) is 0 Å². The third kappa shape index (κ3) is 7.08. The van der Waals surface area contributed by atoms with E-state index in [-0.39, 0.29) is 10.0 Å². The van der Waals surface area contributed by atoms with Crippen LogP contribution in [0.3, 0.4) is 0 Å². The Morgan fingerprint density at radius 1 is 1.35 bits per heavy atom. The summed E-state index contributed by atoms with van der Waals surface area (Å²) in [7, 11) is -3.23. The maximum atomic E-state index is 13.5. The molecule has 0 bridgehead atoms. The van der Waals surface area contributed by atoms with Gasteiger partial charge in [-0.15, -0.1) is 0 Å². The lowest BCUT2D eigenvalue weighted by Gasteiger charge is -2.26. The van der Waals surface area contributed by atoms with Crippen LogP contribution in [0.5, 0.6) is 0 Å². The van der Waals surface area contributed by atoms with Gasteiger partial charge in [0.25, 0.3) is 10.1 Å². The number of pyridine rings is 1. The number of ether oxygens (including phenoxy) is 1. The van der Waals surface area contributed by atoms with E-state index in [2.05, 4.69) is 25.1 Å². The molecule has 0 radical (unpaired) electrons. The van der Waals surface area contributed by atoms with Gasteiger partial charge in [-0.05, 0) is 48.3 Å². The van der Waals surface area contributed by atoms with Crippen molar-refractivity contribution in [2.75, 3.05) is 7.11 Å². The van der Waals surface area contributed by atoms with E-state index in [1.165, 1.54) is 20.8 Å². The van der Waals surface area contributed by atoms with Gasteiger partial charge in [0.05, 0.1) is 12.8 Å². The zero-order valence-corrected chi connectivity index (χ0v) is 16.8. The molecule has 7 nitrogen and oxygen atoms in total. The standard InChI is InChI=1S/C14H18BrF3N2O5S/c1-13(2,3)25-12(21)20-11(14(16,17)18)10-8(5-9(15)6-19-10)7-26(22,23)24-4/h5-6,11H,7H2,1-4H3,(H,20,21)/t11-/m1/s1. The maximum Gasteiger partial charge on any atom is 0.414 e. The molecule has 1 aromatic heterocycles. The minimum atomic E-state index is -4.94. The molecule has 0 aliphatic heterocycles. The number of alkyl halides is 3. The average molecular weight is 463 g/mol. The number of carbonyl (C=O) groups excluding carboxylic acids is 1. The third-order valence-corrected chi connectivity index (χ3v) is 4.42. The molecule has 1 heterocycles. The number of nitrogens with one attached hydrogen (secondary N) is 1. The summed E-state index contributed by atoms with van der Waals surface area (Å²) in [6.45, 7) is 4.47. The van der Waals surface area contributed by atoms with Gasteiger partial charge in [-0.3, -0.25) is 9.17 Å². The Balaban J connectivity index is 3.33. The van der Waals surface area contributed by atoms with Crippen LogP contribution in [-0.2, 0) is 24.8 Å². The molecule has 1 amide bonds. The molecule has 0 aromatic carbocycles. The number of carbonyl (C=O) groups is 1. The van der Waals surface area contributed by atoms with E-state index in [1.54, 1.807) is 5.32 Å². The van der Waals surface area contributed by atoms with Crippen molar-refractivity contribution in [2.45, 2.75) is 44.3 Å². The van der Waals surface area contributed by atoms with Crippen molar-refractivity contribution < 1.29 is 35.3 Å². The van der Waals surface area contributed by atoms with Gasteiger partial charge in [-0.2, -0.15) is 21.6 Å². The van der Waals surface area contributed by atoms with Crippen LogP contribution in [-0.4, -0.2) is 38.4 Å². The van der Waals surface area contributed by atoms with Gasteiger partial charge in [-0.1, -0.05) is 0 Å². The summed E-state index contributed by atoms with van der Waals surface area (Å²) < 4.78 is 73.2. The summed E-state index contributed by atoms with van der Waals surface area (Å²) >= 11 is 3.02. The van der Waals surface area contributed by atoms with E-state index in [4.69, 9.17) is 4.74 Å². The fourth-order valence-corrected chi connectivity index (χ4v) is 2.96. The molecule has 148 valence electrons. The Morgan fingerprint density at radius 3 is 2.38 bits per heavy atom. The van der Waals surface area contributed by atoms with E-state index in [0.29, 0.717) is 0 Å². The van der Waals surface area contributed by atoms with Gasteiger partial charge in [-0.25, -0.2) is 4.79 Å². The summed E-state index contributed by atoms with van der Waals surface area (Å²) in [5.74, 6) is -0.853. The quantitative estimate of drug-likeness (QED) is 0.673. The highest BCUT2D eigenvalue weighted by molar-refractivity contribution is 9.10. The highest BCUT2D eigenvalue weighted by Gasteiger charge is 2.45. The van der Waals surface area contributed by atoms with Gasteiger partial charge in [0.1, 0.15) is 11.4 Å². The predicted octanol–water partition coefficient (Wildman–Crippen LogP) is 3.45. The molecular weight excluding hydrogens is 445 g/mol. The van der Waals surface area contributed by atoms with E-state index in [1.807, 2.05) is 0 Å². The van der Waals surface area contributed by atoms with Crippen LogP contribution in [0.15, 0.2) is 16.7 Å². The van der Waals surface area contributed by atoms with E-state index in [9.17, 15) is 26.4 Å². The van der Waals surface area contributed by atoms with Crippen LogP contribution in [0.4, 0.5) is 18.0 Å². The molecule has 1 rings (SSSR count). The molecular formula is C14H18BrF3N2O5S. The first kappa shape index (κ1) is 22.6. The van der Waals surface area contributed by atoms with Crippen LogP contribution >= 0.6 is 15.9 Å². The maximum absolute atomic E-state index is 13.5. The smallest absolute Gasteiger partial charge is 0.414 e. The number of aromatic nitrogens is 1. The largest absolute Gasteiger partial charge is 0.444 e. The fourth-order valence-electron chi connectivity index (χ4n) is 1.85. The van der Waals surface area contributed by atoms with Gasteiger partial charge in [0.15, 0.2) is 6.04 Å². The van der Waals surface area contributed by atoms with Crippen molar-refractivity contribution >= 4 is 32.1 Å². The highest BCUT2D eigenvalue weighted by atomic mass is 79.9. The van der Waals surface area contributed by atoms with Crippen LogP contribution in [0.2, 0.25) is 0 Å². The van der Waals surface area contributed by atoms with E-state index in [0.717, 1.165) is 19.4 Å². The Labute approximate surface area is 157 Å². The van der Waals surface area contributed by atoms with Crippen LogP contribution in [0.1, 0.15) is 38.1 Å². The van der Waals surface area contributed by atoms with Gasteiger partial charge >= 0.3 is 12.3 Å². The first-order chi connectivity index (χ1) is 11.6. The average Bonchev–Trinajstić information content (AvgIpc) is 2.42. The normalized spacial score (nSPS) is 14.0. The van der Waals surface area contributed by atoms with Crippen LogP contribution < -0.4 is 5.32 Å². The molecule has 0 saturated heterocycles. The fraction of sp³-hybridized carbons (Fsp3) is 0.571. The molecule has 0 aliphatic carbocycles. The van der Waals surface area contributed by atoms with E-state index < -0.39 is 45.5 Å². The molecule has 1 N–H and O–H groups in total. The predicted molar refractivity (Wildman–Crippen MR) is 89.7 cm³/mol. The number of hydrogen-bond acceptors (Lipinski definition) is 6. The number of rotatable bonds is 5. The van der Waals surface area contributed by atoms with Gasteiger partial charge in [0, 0.05) is 10.7 Å². The Kier molecular flexibility index (Phi) is 7.04. The number of hydrogen-bond donors (Lipinski definition) is 1. The number of amides is 1. The summed E-state index contributed by atoms with van der Waals surface area (Å²) in [5, 5.41) is 1.69. The lowest BCUT2D eigenvalue weighted by Crippen LogP contribution is -2.42. The van der Waals surface area contributed by atoms with Crippen molar-refractivity contribution in [3.8, 4) is 0 Å². The molecule has 0 fully saturated rings. The first-order valence-corrected chi connectivity index (χ1v) is 9.50. The summed E-state index contributed by atoms with van der Waals surface area (Å²) in [5.41, 5.74) is -1.97. The molecule has 1 aromatic rings. The molecule has 0 saturated carbocycles. The Hall–Kier alpha value is -1.40. The van der Waals surface area contributed by atoms with Crippen molar-refractivity contribution in [2.24, 2.45) is 0 Å². The number of halogens is 4. The minimum Gasteiger partial charge on any atom is -0.444 e. The third-order valence-electron chi connectivity index (χ3n) is 2.82. The molecule has 0 spiro atoms. The highest BCUT2D eigenvalue weighted by Crippen LogP contribution is 2.35. The van der Waals surface area contributed by atoms with E-state index >= 15 is 0 Å². The van der Waals surface area contributed by atoms with Crippen molar-refractivity contribution in [3.05, 3.63) is 28.0 Å². The monoisotopic (exact) mass is 462 g/mol. The summed E-state index contributed by atoms with van der Waals surface area (Å²) in [4.78, 5) is 15.5. The number of alkyl carbamates (subject to hydrolysis) is 1. The van der Waals surface area contributed by atoms with Crippen molar-refractivity contribution in [1.82, 2.24) is 10.3 Å². The van der Waals surface area contributed by atoms with Gasteiger partial charge in [0.2, 0.25) is 0 Å². The Morgan fingerprint density at radius 2 is 1.92 bits per heavy atom. The zero-order valence-electron chi connectivity index (χ0n) is 14.3. The van der Waals surface area contributed by atoms with Crippen LogP contribution in [0.25, 0.3) is 0 Å². The van der Waals surface area contributed by atoms with Crippen molar-refractivity contribution in [1.29, 1.82) is 0 Å². The molecule has 0 unspecified atom stereocenters. The van der Waals surface area contributed by atoms with Gasteiger partial charge < -0.3 is 10.1 Å². The molecule has 12 heteroatoms. The second-order valence-electron chi connectivity index (χ2n) is 6.19. The zero-order chi connectivity index (χ0) is 20.3. The number of nitrogens with zero attached hydrogens (tertiary/aromatic N) is 1. The minimum absolute atomic E-state index is 0.265. The molecule has 0 aliphatic rings.